The third-order valence-corrected chi connectivity index (χ3v) is 9.45. The van der Waals surface area contributed by atoms with Crippen LogP contribution in [0.4, 0.5) is 0 Å². The van der Waals surface area contributed by atoms with Crippen LogP contribution in [0, 0.1) is 0 Å². The standard InChI is InChI=1S/2Cl2O4PS2.3Zn/c2*1-5-9(6-2)7(3,4)8;;;/q2*-3;3*+2. The molecule has 0 amide bonds. The molecule has 0 heterocycles. The molecule has 0 aliphatic carbocycles. The molecule has 0 rings (SSSR count). The van der Waals surface area contributed by atoms with Crippen LogP contribution < -0.4 is 19.6 Å². The van der Waals surface area contributed by atoms with Gasteiger partial charge in [-0.15, -0.1) is 0 Å². The zero-order chi connectivity index (χ0) is 15.0. The van der Waals surface area contributed by atoms with Crippen LogP contribution in [0.15, 0.2) is 0 Å². The second-order valence-electron chi connectivity index (χ2n) is 1.58. The maximum absolute atomic E-state index is 10.2. The molecule has 0 spiro atoms. The third-order valence-electron chi connectivity index (χ3n) is 0.581. The molecule has 0 radical (unpaired) electrons. The molecule has 0 fully saturated rings. The topological polar surface area (TPSA) is 129 Å². The van der Waals surface area contributed by atoms with E-state index >= 15 is 0 Å². The van der Waals surface area contributed by atoms with Crippen molar-refractivity contribution in [2.75, 3.05) is 0 Å². The van der Waals surface area contributed by atoms with E-state index in [0.717, 1.165) is 0 Å². The van der Waals surface area contributed by atoms with E-state index in [4.69, 9.17) is 0 Å². The van der Waals surface area contributed by atoms with Crippen LogP contribution in [-0.4, -0.2) is 0 Å². The summed E-state index contributed by atoms with van der Waals surface area (Å²) >= 11 is 26.3. The van der Waals surface area contributed by atoms with E-state index < -0.39 is 32.7 Å². The summed E-state index contributed by atoms with van der Waals surface area (Å²) in [5, 5.41) is 0. The van der Waals surface area contributed by atoms with Crippen LogP contribution in [0.1, 0.15) is 0 Å². The molecule has 0 N–H and O–H groups in total. The predicted octanol–water partition coefficient (Wildman–Crippen LogP) is -0.566. The Morgan fingerprint density at radius 1 is 0.619 bits per heavy atom. The van der Waals surface area contributed by atoms with Crippen LogP contribution in [0.3, 0.4) is 0 Å². The Bertz CT molecular complexity index is 297. The Balaban J connectivity index is -0.0000000711. The van der Waals surface area contributed by atoms with Crippen molar-refractivity contribution in [3.63, 3.8) is 0 Å². The number of halogens is 4. The van der Waals surface area contributed by atoms with E-state index in [9.17, 15) is 19.6 Å². The van der Waals surface area contributed by atoms with Gasteiger partial charge in [-0.3, -0.25) is 0 Å². The SMILES string of the molecule is [O-]P([O-])([S-])=S(OCl)OCl.[O-]P([O-])([S-])=S(OCl)OCl.[Zn+2].[Zn+2].[Zn+2]. The minimum atomic E-state index is -4.12. The summed E-state index contributed by atoms with van der Waals surface area (Å²) in [4.78, 5) is 40.9. The first kappa shape index (κ1) is 36.8. The van der Waals surface area contributed by atoms with E-state index in [-0.39, 0.29) is 58.4 Å². The number of rotatable bonds is 4. The van der Waals surface area contributed by atoms with E-state index in [0.29, 0.717) is 0 Å². The van der Waals surface area contributed by atoms with E-state index in [2.05, 4.69) is 86.9 Å². The molecule has 8 nitrogen and oxygen atoms in total. The molecule has 0 unspecified atom stereocenters. The maximum atomic E-state index is 10.2. The van der Waals surface area contributed by atoms with Gasteiger partial charge in [0.05, 0.1) is 68.7 Å². The summed E-state index contributed by atoms with van der Waals surface area (Å²) in [6.45, 7) is 0. The number of hydrogen-bond donors (Lipinski definition) is 0. The van der Waals surface area contributed by atoms with Crippen molar-refractivity contribution in [1.29, 1.82) is 0 Å². The quantitative estimate of drug-likeness (QED) is 0.221. The van der Waals surface area contributed by atoms with Crippen molar-refractivity contribution in [3.05, 3.63) is 0 Å². The molecule has 0 aliphatic heterocycles. The fourth-order valence-electron chi connectivity index (χ4n) is 0.157. The molecular formula is Cl4O8P2S4Zn3. The minimum Gasteiger partial charge on any atom is -0.851 e. The largest absolute Gasteiger partial charge is 2.00 e. The van der Waals surface area contributed by atoms with E-state index in [1.54, 1.807) is 0 Å². The van der Waals surface area contributed by atoms with Gasteiger partial charge in [-0.1, -0.05) is 0 Å². The summed E-state index contributed by atoms with van der Waals surface area (Å²) in [6, 6.07) is 0. The van der Waals surface area contributed by atoms with Gasteiger partial charge < -0.3 is 55.5 Å². The van der Waals surface area contributed by atoms with Crippen molar-refractivity contribution >= 4 is 105 Å². The van der Waals surface area contributed by atoms with Gasteiger partial charge in [0, 0.05) is 0 Å². The molecule has 0 bridgehead atoms. The van der Waals surface area contributed by atoms with E-state index in [1.165, 1.54) is 0 Å². The molecule has 0 saturated carbocycles. The molecule has 0 saturated heterocycles. The van der Waals surface area contributed by atoms with Crippen molar-refractivity contribution in [2.45, 2.75) is 0 Å². The van der Waals surface area contributed by atoms with Crippen LogP contribution in [-0.2, 0) is 119 Å². The second kappa shape index (κ2) is 19.7. The molecule has 0 aromatic carbocycles. The Morgan fingerprint density at radius 2 is 0.762 bits per heavy atom. The summed E-state index contributed by atoms with van der Waals surface area (Å²) in [6.07, 6.45) is 0. The average molecular weight is 656 g/mol. The molecule has 116 valence electrons. The first-order valence-electron chi connectivity index (χ1n) is 2.74. The monoisotopic (exact) mass is 649 g/mol. The predicted molar refractivity (Wildman–Crippen MR) is 71.1 cm³/mol. The minimum absolute atomic E-state index is 0. The van der Waals surface area contributed by atoms with Gasteiger partial charge in [-0.05, 0) is 0 Å². The average Bonchev–Trinajstić information content (AvgIpc) is 2.17. The molecule has 21 heteroatoms. The Labute approximate surface area is 195 Å². The molecular weight excluding hydrogens is 656 g/mol. The second-order valence-corrected chi connectivity index (χ2v) is 15.2. The van der Waals surface area contributed by atoms with Gasteiger partial charge >= 0.3 is 58.4 Å². The summed E-state index contributed by atoms with van der Waals surface area (Å²) in [5.74, 6) is 0. The smallest absolute Gasteiger partial charge is 0.851 e. The summed E-state index contributed by atoms with van der Waals surface area (Å²) < 4.78 is 14.9. The van der Waals surface area contributed by atoms with Crippen molar-refractivity contribution in [1.82, 2.24) is 0 Å². The molecule has 0 atom stereocenters. The Kier molecular flexibility index (Phi) is 34.6. The zero-order valence-electron chi connectivity index (χ0n) is 9.43. The Hall–Kier alpha value is 4.97. The fraction of sp³-hybridized carbons (Fsp3) is 0. The van der Waals surface area contributed by atoms with Crippen LogP contribution >= 0.6 is 58.9 Å². The summed E-state index contributed by atoms with van der Waals surface area (Å²) in [7, 11) is -4.02. The zero-order valence-corrected chi connectivity index (χ0v) is 26.4. The Morgan fingerprint density at radius 3 is 0.762 bits per heavy atom. The first-order valence-corrected chi connectivity index (χ1v) is 12.6. The van der Waals surface area contributed by atoms with Crippen molar-refractivity contribution in [2.24, 2.45) is 0 Å². The molecule has 0 aromatic heterocycles. The maximum Gasteiger partial charge on any atom is 2.00 e. The molecule has 21 heavy (non-hydrogen) atoms. The molecule has 0 aromatic rings. The molecule has 0 aliphatic rings. The van der Waals surface area contributed by atoms with Crippen molar-refractivity contribution in [3.8, 4) is 0 Å². The van der Waals surface area contributed by atoms with Crippen molar-refractivity contribution < 1.29 is 92.9 Å². The van der Waals surface area contributed by atoms with Gasteiger partial charge in [-0.2, -0.15) is 14.9 Å². The van der Waals surface area contributed by atoms with Gasteiger partial charge in [0.25, 0.3) is 0 Å². The van der Waals surface area contributed by atoms with Gasteiger partial charge in [0.1, 0.15) is 0 Å². The summed E-state index contributed by atoms with van der Waals surface area (Å²) in [5.41, 5.74) is -8.25. The van der Waals surface area contributed by atoms with Crippen LogP contribution in [0.2, 0.25) is 0 Å². The van der Waals surface area contributed by atoms with Gasteiger partial charge in [-0.25, -0.2) is 0 Å². The fourth-order valence-corrected chi connectivity index (χ4v) is 6.74. The van der Waals surface area contributed by atoms with Gasteiger partial charge in [0.2, 0.25) is 0 Å². The van der Waals surface area contributed by atoms with Gasteiger partial charge in [0.15, 0.2) is 0 Å². The van der Waals surface area contributed by atoms with E-state index in [1.807, 2.05) is 0 Å². The number of hydrogen-bond acceptors (Lipinski definition) is 10. The van der Waals surface area contributed by atoms with Crippen LogP contribution in [0.5, 0.6) is 0 Å². The van der Waals surface area contributed by atoms with Crippen LogP contribution in [0.25, 0.3) is 0 Å². The third kappa shape index (κ3) is 21.1. The normalized spacial score (nSPS) is 10.9. The first-order chi connectivity index (χ1) is 8.04.